The maximum absolute atomic E-state index is 14.0. The summed E-state index contributed by atoms with van der Waals surface area (Å²) in [5, 5.41) is 6.25. The molecule has 1 fully saturated rings. The number of fused-ring (bicyclic) bond motifs is 3. The second kappa shape index (κ2) is 5.42. The third kappa shape index (κ3) is 2.32. The number of halogens is 2. The molecule has 4 rings (SSSR count). The average molecular weight is 314 g/mol. The van der Waals surface area contributed by atoms with Crippen LogP contribution in [0.4, 0.5) is 8.78 Å². The van der Waals surface area contributed by atoms with E-state index in [1.807, 2.05) is 6.07 Å². The summed E-state index contributed by atoms with van der Waals surface area (Å²) < 4.78 is 28.0. The van der Waals surface area contributed by atoms with Gasteiger partial charge in [-0.25, -0.2) is 8.78 Å². The van der Waals surface area contributed by atoms with E-state index in [0.717, 1.165) is 18.7 Å². The number of hydrogen-bond acceptors (Lipinski definition) is 2. The Kier molecular flexibility index (Phi) is 3.38. The summed E-state index contributed by atoms with van der Waals surface area (Å²) >= 11 is 0. The van der Waals surface area contributed by atoms with Crippen LogP contribution in [0.5, 0.6) is 0 Å². The van der Waals surface area contributed by atoms with E-state index in [-0.39, 0.29) is 17.4 Å². The van der Waals surface area contributed by atoms with Gasteiger partial charge in [-0.2, -0.15) is 0 Å². The van der Waals surface area contributed by atoms with Crippen LogP contribution in [0.3, 0.4) is 0 Å². The maximum Gasteiger partial charge on any atom is 0.251 e. The van der Waals surface area contributed by atoms with Gasteiger partial charge in [-0.3, -0.25) is 4.79 Å². The molecule has 0 bridgehead atoms. The van der Waals surface area contributed by atoms with E-state index in [9.17, 15) is 13.6 Å². The van der Waals surface area contributed by atoms with Crippen molar-refractivity contribution in [2.45, 2.75) is 5.92 Å². The van der Waals surface area contributed by atoms with Crippen molar-refractivity contribution in [3.8, 4) is 11.1 Å². The second-order valence-electron chi connectivity index (χ2n) is 6.13. The van der Waals surface area contributed by atoms with Crippen molar-refractivity contribution in [2.75, 3.05) is 19.6 Å². The monoisotopic (exact) mass is 314 g/mol. The van der Waals surface area contributed by atoms with Gasteiger partial charge in [0.2, 0.25) is 0 Å². The third-order valence-corrected chi connectivity index (χ3v) is 4.81. The molecule has 23 heavy (non-hydrogen) atoms. The van der Waals surface area contributed by atoms with E-state index in [2.05, 4.69) is 10.6 Å². The van der Waals surface area contributed by atoms with Crippen molar-refractivity contribution >= 4 is 5.91 Å². The highest BCUT2D eigenvalue weighted by atomic mass is 19.1. The number of carbonyl (C=O) groups excluding carboxylic acids is 1. The largest absolute Gasteiger partial charge is 0.352 e. The van der Waals surface area contributed by atoms with Crippen LogP contribution in [0.1, 0.15) is 21.8 Å². The molecule has 0 radical (unpaired) electrons. The first-order chi connectivity index (χ1) is 11.1. The summed E-state index contributed by atoms with van der Waals surface area (Å²) in [6, 6.07) is 8.93. The summed E-state index contributed by atoms with van der Waals surface area (Å²) in [6.45, 7) is 2.31. The first-order valence-electron chi connectivity index (χ1n) is 7.72. The Bertz CT molecular complexity index is 770. The fraction of sp³-hybridized carbons (Fsp3) is 0.278. The van der Waals surface area contributed by atoms with Gasteiger partial charge in [0.15, 0.2) is 0 Å². The van der Waals surface area contributed by atoms with Crippen LogP contribution in [0.25, 0.3) is 11.1 Å². The zero-order valence-corrected chi connectivity index (χ0v) is 12.4. The minimum Gasteiger partial charge on any atom is -0.352 e. The van der Waals surface area contributed by atoms with E-state index in [1.54, 1.807) is 12.1 Å². The van der Waals surface area contributed by atoms with Crippen LogP contribution < -0.4 is 10.6 Å². The lowest BCUT2D eigenvalue weighted by molar-refractivity contribution is 0.0952. The van der Waals surface area contributed by atoms with Gasteiger partial charge < -0.3 is 10.6 Å². The van der Waals surface area contributed by atoms with Crippen LogP contribution in [0.2, 0.25) is 0 Å². The minimum absolute atomic E-state index is 0.0894. The molecule has 1 amide bonds. The number of carbonyl (C=O) groups is 1. The second-order valence-corrected chi connectivity index (χ2v) is 6.13. The molecule has 0 unspecified atom stereocenters. The van der Waals surface area contributed by atoms with Gasteiger partial charge in [-0.05, 0) is 35.2 Å². The standard InChI is InChI=1S/C18H16F2N2O/c19-15-2-1-3-16(20)17(15)10-4-5-12-13(6-10)18(23)22-8-11-7-21-9-14(11)12/h1-6,11,14,21H,7-9H2,(H,22,23)/t11-,14+/m0/s1. The highest BCUT2D eigenvalue weighted by Gasteiger charge is 2.34. The Morgan fingerprint density at radius 3 is 2.57 bits per heavy atom. The first-order valence-corrected chi connectivity index (χ1v) is 7.72. The van der Waals surface area contributed by atoms with Crippen molar-refractivity contribution in [3.63, 3.8) is 0 Å². The molecule has 2 atom stereocenters. The maximum atomic E-state index is 14.0. The fourth-order valence-corrected chi connectivity index (χ4v) is 3.64. The Morgan fingerprint density at radius 1 is 1.00 bits per heavy atom. The molecular weight excluding hydrogens is 298 g/mol. The van der Waals surface area contributed by atoms with Crippen molar-refractivity contribution in [2.24, 2.45) is 5.92 Å². The summed E-state index contributed by atoms with van der Waals surface area (Å²) in [7, 11) is 0. The minimum atomic E-state index is -0.626. The average Bonchev–Trinajstić information content (AvgIpc) is 2.96. The Morgan fingerprint density at radius 2 is 1.78 bits per heavy atom. The van der Waals surface area contributed by atoms with Crippen LogP contribution >= 0.6 is 0 Å². The summed E-state index contributed by atoms with van der Waals surface area (Å²) in [6.07, 6.45) is 0. The number of amides is 1. The normalized spacial score (nSPS) is 23.0. The van der Waals surface area contributed by atoms with Crippen molar-refractivity contribution in [3.05, 3.63) is 59.2 Å². The third-order valence-electron chi connectivity index (χ3n) is 4.81. The molecule has 2 N–H and O–H groups in total. The lowest BCUT2D eigenvalue weighted by Crippen LogP contribution is -2.28. The lowest BCUT2D eigenvalue weighted by atomic mass is 9.86. The molecule has 1 saturated heterocycles. The predicted molar refractivity (Wildman–Crippen MR) is 83.2 cm³/mol. The number of nitrogens with one attached hydrogen (secondary N) is 2. The molecule has 2 heterocycles. The first kappa shape index (κ1) is 14.3. The van der Waals surface area contributed by atoms with Crippen LogP contribution in [-0.4, -0.2) is 25.5 Å². The molecule has 3 nitrogen and oxygen atoms in total. The predicted octanol–water partition coefficient (Wildman–Crippen LogP) is 2.68. The smallest absolute Gasteiger partial charge is 0.251 e. The molecule has 118 valence electrons. The van der Waals surface area contributed by atoms with E-state index in [4.69, 9.17) is 0 Å². The Labute approximate surface area is 132 Å². The number of benzene rings is 2. The van der Waals surface area contributed by atoms with Crippen molar-refractivity contribution < 1.29 is 13.6 Å². The van der Waals surface area contributed by atoms with Crippen molar-refractivity contribution in [1.29, 1.82) is 0 Å². The topological polar surface area (TPSA) is 41.1 Å². The number of hydrogen-bond donors (Lipinski definition) is 2. The molecular formula is C18H16F2N2O. The molecule has 0 spiro atoms. The van der Waals surface area contributed by atoms with Crippen molar-refractivity contribution in [1.82, 2.24) is 10.6 Å². The van der Waals surface area contributed by atoms with Gasteiger partial charge in [0, 0.05) is 31.1 Å². The van der Waals surface area contributed by atoms with Crippen LogP contribution in [0.15, 0.2) is 36.4 Å². The molecule has 0 saturated carbocycles. The van der Waals surface area contributed by atoms with Crippen LogP contribution in [-0.2, 0) is 0 Å². The van der Waals surface area contributed by atoms with Gasteiger partial charge in [0.25, 0.3) is 5.91 Å². The van der Waals surface area contributed by atoms with Gasteiger partial charge in [0.05, 0.1) is 5.56 Å². The quantitative estimate of drug-likeness (QED) is 0.850. The SMILES string of the molecule is O=C1NC[C@@H]2CNC[C@H]2c2ccc(-c3c(F)cccc3F)cc21. The van der Waals surface area contributed by atoms with Crippen LogP contribution in [0, 0.1) is 17.6 Å². The van der Waals surface area contributed by atoms with Gasteiger partial charge in [-0.15, -0.1) is 0 Å². The molecule has 0 aromatic heterocycles. The Hall–Kier alpha value is -2.27. The van der Waals surface area contributed by atoms with E-state index < -0.39 is 11.6 Å². The Balaban J connectivity index is 1.86. The van der Waals surface area contributed by atoms with E-state index in [1.165, 1.54) is 18.2 Å². The van der Waals surface area contributed by atoms with Gasteiger partial charge in [-0.1, -0.05) is 18.2 Å². The lowest BCUT2D eigenvalue weighted by Gasteiger charge is -2.17. The molecule has 0 aliphatic carbocycles. The number of rotatable bonds is 1. The fourth-order valence-electron chi connectivity index (χ4n) is 3.64. The highest BCUT2D eigenvalue weighted by molar-refractivity contribution is 5.97. The summed E-state index contributed by atoms with van der Waals surface area (Å²) in [5.41, 5.74) is 1.77. The molecule has 2 aromatic carbocycles. The molecule has 2 aromatic rings. The molecule has 2 aliphatic heterocycles. The van der Waals surface area contributed by atoms with E-state index in [0.29, 0.717) is 23.6 Å². The molecule has 5 heteroatoms. The summed E-state index contributed by atoms with van der Waals surface area (Å²) in [5.74, 6) is -0.813. The highest BCUT2D eigenvalue weighted by Crippen LogP contribution is 2.35. The van der Waals surface area contributed by atoms with Gasteiger partial charge in [0.1, 0.15) is 11.6 Å². The zero-order valence-electron chi connectivity index (χ0n) is 12.4. The van der Waals surface area contributed by atoms with E-state index >= 15 is 0 Å². The van der Waals surface area contributed by atoms with Gasteiger partial charge >= 0.3 is 0 Å². The summed E-state index contributed by atoms with van der Waals surface area (Å²) in [4.78, 5) is 12.4. The molecule has 2 aliphatic rings. The zero-order chi connectivity index (χ0) is 16.0.